The Bertz CT molecular complexity index is 698. The van der Waals surface area contributed by atoms with E-state index in [0.29, 0.717) is 11.9 Å². The molecule has 1 fully saturated rings. The monoisotopic (exact) mass is 342 g/mol. The van der Waals surface area contributed by atoms with E-state index in [1.807, 2.05) is 25.1 Å². The lowest BCUT2D eigenvalue weighted by Gasteiger charge is -2.32. The van der Waals surface area contributed by atoms with Gasteiger partial charge >= 0.3 is 0 Å². The van der Waals surface area contributed by atoms with Gasteiger partial charge in [0.2, 0.25) is 5.89 Å². The highest BCUT2D eigenvalue weighted by atomic mass is 16.5. The summed E-state index contributed by atoms with van der Waals surface area (Å²) in [6, 6.07) is 8.53. The van der Waals surface area contributed by atoms with Crippen LogP contribution in [0, 0.1) is 6.92 Å². The minimum atomic E-state index is 0.490. The number of likely N-dealkylation sites (tertiary alicyclic amines) is 1. The summed E-state index contributed by atoms with van der Waals surface area (Å²) in [6.07, 6.45) is 6.64. The molecule has 6 heteroatoms. The Hall–Kier alpha value is -2.18. The van der Waals surface area contributed by atoms with E-state index in [0.717, 1.165) is 43.3 Å². The molecule has 1 aliphatic heterocycles. The Morgan fingerprint density at radius 2 is 2.28 bits per heavy atom. The van der Waals surface area contributed by atoms with Crippen LogP contribution in [-0.2, 0) is 6.54 Å². The number of methoxy groups -OCH3 is 1. The lowest BCUT2D eigenvalue weighted by atomic mass is 10.1. The van der Waals surface area contributed by atoms with Gasteiger partial charge in [-0.3, -0.25) is 4.90 Å². The van der Waals surface area contributed by atoms with Crippen LogP contribution in [0.25, 0.3) is 6.08 Å². The molecule has 0 bridgehead atoms. The molecule has 0 spiro atoms. The molecular weight excluding hydrogens is 316 g/mol. The Labute approximate surface area is 148 Å². The molecule has 0 unspecified atom stereocenters. The van der Waals surface area contributed by atoms with Crippen molar-refractivity contribution >= 4 is 6.08 Å². The summed E-state index contributed by atoms with van der Waals surface area (Å²) in [5.74, 6) is 2.30. The molecule has 3 rings (SSSR count). The quantitative estimate of drug-likeness (QED) is 0.835. The largest absolute Gasteiger partial charge is 0.496 e. The van der Waals surface area contributed by atoms with Gasteiger partial charge in [-0.2, -0.15) is 4.98 Å². The van der Waals surface area contributed by atoms with Gasteiger partial charge in [-0.1, -0.05) is 35.5 Å². The van der Waals surface area contributed by atoms with Gasteiger partial charge in [-0.15, -0.1) is 0 Å². The molecule has 0 aliphatic carbocycles. The highest BCUT2D eigenvalue weighted by molar-refractivity contribution is 5.57. The molecule has 0 saturated carbocycles. The van der Waals surface area contributed by atoms with Gasteiger partial charge in [0.05, 0.1) is 13.7 Å². The van der Waals surface area contributed by atoms with E-state index in [2.05, 4.69) is 38.6 Å². The molecule has 6 nitrogen and oxygen atoms in total. The second-order valence-electron chi connectivity index (χ2n) is 6.36. The number of benzene rings is 1. The third-order valence-corrected chi connectivity index (χ3v) is 4.40. The number of hydrogen-bond donors (Lipinski definition) is 1. The topological polar surface area (TPSA) is 63.4 Å². The molecule has 0 radical (unpaired) electrons. The van der Waals surface area contributed by atoms with Crippen molar-refractivity contribution < 1.29 is 9.26 Å². The van der Waals surface area contributed by atoms with Gasteiger partial charge in [0.15, 0.2) is 5.82 Å². The van der Waals surface area contributed by atoms with E-state index in [1.54, 1.807) is 7.11 Å². The number of rotatable bonds is 7. The molecule has 1 atom stereocenters. The molecule has 1 aliphatic rings. The van der Waals surface area contributed by atoms with Crippen molar-refractivity contribution in [1.82, 2.24) is 20.4 Å². The highest BCUT2D eigenvalue weighted by Gasteiger charge is 2.20. The maximum absolute atomic E-state index is 5.37. The van der Waals surface area contributed by atoms with Crippen molar-refractivity contribution in [2.45, 2.75) is 32.4 Å². The van der Waals surface area contributed by atoms with Crippen LogP contribution >= 0.6 is 0 Å². The van der Waals surface area contributed by atoms with E-state index < -0.39 is 0 Å². The Morgan fingerprint density at radius 3 is 3.08 bits per heavy atom. The molecule has 2 heterocycles. The molecule has 0 amide bonds. The minimum Gasteiger partial charge on any atom is -0.496 e. The number of para-hydroxylation sites is 1. The first-order valence-corrected chi connectivity index (χ1v) is 8.79. The van der Waals surface area contributed by atoms with Crippen molar-refractivity contribution in [3.05, 3.63) is 47.6 Å². The predicted octanol–water partition coefficient (Wildman–Crippen LogP) is 2.65. The molecule has 2 aromatic rings. The Morgan fingerprint density at radius 1 is 1.40 bits per heavy atom. The summed E-state index contributed by atoms with van der Waals surface area (Å²) in [5.41, 5.74) is 1.10. The van der Waals surface area contributed by atoms with Crippen molar-refractivity contribution in [1.29, 1.82) is 0 Å². The molecular formula is C19H26N4O2. The first kappa shape index (κ1) is 17.6. The molecule has 134 valence electrons. The summed E-state index contributed by atoms with van der Waals surface area (Å²) in [5, 5.41) is 7.61. The van der Waals surface area contributed by atoms with Gasteiger partial charge in [0, 0.05) is 31.6 Å². The summed E-state index contributed by atoms with van der Waals surface area (Å²) in [4.78, 5) is 6.68. The molecule has 1 N–H and O–H groups in total. The molecule has 1 aromatic carbocycles. The van der Waals surface area contributed by atoms with Crippen molar-refractivity contribution in [3.63, 3.8) is 0 Å². The maximum Gasteiger partial charge on any atom is 0.223 e. The van der Waals surface area contributed by atoms with E-state index >= 15 is 0 Å². The Kier molecular flexibility index (Phi) is 6.19. The van der Waals surface area contributed by atoms with Gasteiger partial charge in [0.25, 0.3) is 0 Å². The lowest BCUT2D eigenvalue weighted by molar-refractivity contribution is 0.180. The fourth-order valence-electron chi connectivity index (χ4n) is 3.20. The third kappa shape index (κ3) is 5.14. The number of piperidine rings is 1. The molecule has 1 saturated heterocycles. The standard InChI is InChI=1S/C19H26N4O2/c1-15-21-19(22-25-15)14-23-12-6-9-17(13-23)20-11-5-8-16-7-3-4-10-18(16)24-2/h3-5,7-8,10,17,20H,6,9,11-14H2,1-2H3/b8-5+/t17-/m0/s1. The van der Waals surface area contributed by atoms with Crippen LogP contribution in [0.2, 0.25) is 0 Å². The summed E-state index contributed by atoms with van der Waals surface area (Å²) in [6.45, 7) is 5.52. The van der Waals surface area contributed by atoms with Crippen molar-refractivity contribution in [3.8, 4) is 5.75 Å². The van der Waals surface area contributed by atoms with E-state index in [-0.39, 0.29) is 0 Å². The molecule has 1 aromatic heterocycles. The average molecular weight is 342 g/mol. The summed E-state index contributed by atoms with van der Waals surface area (Å²) >= 11 is 0. The number of nitrogens with one attached hydrogen (secondary N) is 1. The van der Waals surface area contributed by atoms with Crippen LogP contribution in [0.15, 0.2) is 34.9 Å². The fraction of sp³-hybridized carbons (Fsp3) is 0.474. The van der Waals surface area contributed by atoms with Crippen LogP contribution in [0.5, 0.6) is 5.75 Å². The van der Waals surface area contributed by atoms with Crippen LogP contribution in [0.3, 0.4) is 0 Å². The third-order valence-electron chi connectivity index (χ3n) is 4.40. The highest BCUT2D eigenvalue weighted by Crippen LogP contribution is 2.18. The second kappa shape index (κ2) is 8.78. The zero-order chi connectivity index (χ0) is 17.5. The zero-order valence-corrected chi connectivity index (χ0v) is 14.9. The number of nitrogens with zero attached hydrogens (tertiary/aromatic N) is 3. The van der Waals surface area contributed by atoms with Crippen LogP contribution in [0.4, 0.5) is 0 Å². The SMILES string of the molecule is COc1ccccc1/C=C/CN[C@H]1CCCN(Cc2noc(C)n2)C1. The number of hydrogen-bond acceptors (Lipinski definition) is 6. The van der Waals surface area contributed by atoms with E-state index in [1.165, 1.54) is 12.8 Å². The average Bonchev–Trinajstić information content (AvgIpc) is 3.04. The maximum atomic E-state index is 5.37. The lowest BCUT2D eigenvalue weighted by Crippen LogP contribution is -2.45. The Balaban J connectivity index is 1.45. The minimum absolute atomic E-state index is 0.490. The first-order valence-electron chi connectivity index (χ1n) is 8.79. The van der Waals surface area contributed by atoms with Gasteiger partial charge < -0.3 is 14.6 Å². The van der Waals surface area contributed by atoms with Crippen LogP contribution < -0.4 is 10.1 Å². The molecule has 25 heavy (non-hydrogen) atoms. The second-order valence-corrected chi connectivity index (χ2v) is 6.36. The zero-order valence-electron chi connectivity index (χ0n) is 14.9. The number of aryl methyl sites for hydroxylation is 1. The smallest absolute Gasteiger partial charge is 0.223 e. The van der Waals surface area contributed by atoms with Crippen LogP contribution in [0.1, 0.15) is 30.1 Å². The first-order chi connectivity index (χ1) is 12.2. The predicted molar refractivity (Wildman–Crippen MR) is 97.4 cm³/mol. The van der Waals surface area contributed by atoms with E-state index in [4.69, 9.17) is 9.26 Å². The summed E-state index contributed by atoms with van der Waals surface area (Å²) in [7, 11) is 1.70. The normalized spacial score (nSPS) is 18.7. The number of aromatic nitrogens is 2. The van der Waals surface area contributed by atoms with Crippen molar-refractivity contribution in [2.24, 2.45) is 0 Å². The van der Waals surface area contributed by atoms with Crippen LogP contribution in [-0.4, -0.2) is 47.8 Å². The van der Waals surface area contributed by atoms with E-state index in [9.17, 15) is 0 Å². The summed E-state index contributed by atoms with van der Waals surface area (Å²) < 4.78 is 10.4. The van der Waals surface area contributed by atoms with Gasteiger partial charge in [-0.05, 0) is 25.5 Å². The van der Waals surface area contributed by atoms with Gasteiger partial charge in [0.1, 0.15) is 5.75 Å². The fourth-order valence-corrected chi connectivity index (χ4v) is 3.20. The van der Waals surface area contributed by atoms with Gasteiger partial charge in [-0.25, -0.2) is 0 Å². The van der Waals surface area contributed by atoms with Crippen molar-refractivity contribution in [2.75, 3.05) is 26.7 Å². The number of ether oxygens (including phenoxy) is 1.